The van der Waals surface area contributed by atoms with E-state index in [4.69, 9.17) is 0 Å². The van der Waals surface area contributed by atoms with Gasteiger partial charge in [0.2, 0.25) is 11.8 Å². The Morgan fingerprint density at radius 1 is 1.33 bits per heavy atom. The quantitative estimate of drug-likeness (QED) is 0.662. The number of fused-ring (bicyclic) bond motifs is 1. The molecule has 1 aromatic carbocycles. The molecule has 2 N–H and O–H groups in total. The van der Waals surface area contributed by atoms with E-state index in [0.29, 0.717) is 26.1 Å². The van der Waals surface area contributed by atoms with Gasteiger partial charge in [-0.15, -0.1) is 0 Å². The van der Waals surface area contributed by atoms with Crippen molar-refractivity contribution in [3.63, 3.8) is 0 Å². The second-order valence-corrected chi connectivity index (χ2v) is 7.35. The second kappa shape index (κ2) is 9.02. The highest BCUT2D eigenvalue weighted by molar-refractivity contribution is 5.89. The van der Waals surface area contributed by atoms with Crippen molar-refractivity contribution >= 4 is 22.7 Å². The molecule has 146 valence electrons. The molecule has 1 aromatic heterocycles. The van der Waals surface area contributed by atoms with E-state index < -0.39 is 0 Å². The van der Waals surface area contributed by atoms with Crippen LogP contribution in [0.5, 0.6) is 0 Å². The zero-order valence-electron chi connectivity index (χ0n) is 15.9. The maximum atomic E-state index is 13.5. The lowest BCUT2D eigenvalue weighted by molar-refractivity contribution is -0.129. The average molecular weight is 373 g/mol. The summed E-state index contributed by atoms with van der Waals surface area (Å²) >= 11 is 0. The first kappa shape index (κ1) is 19.4. The van der Waals surface area contributed by atoms with Gasteiger partial charge in [-0.05, 0) is 36.6 Å². The Morgan fingerprint density at radius 2 is 2.19 bits per heavy atom. The van der Waals surface area contributed by atoms with Crippen LogP contribution in [-0.4, -0.2) is 41.3 Å². The standard InChI is InChI=1S/C21H28FN3O2/c1-2-3-4-5-9-23-21(27)16-11-20(26)25(14-16)10-8-15-13-24-19-7-6-17(22)12-18(15)19/h6-7,12-13,16,24H,2-5,8-11,14H2,1H3,(H,23,27). The number of likely N-dealkylation sites (tertiary alicyclic amines) is 1. The molecule has 0 saturated carbocycles. The van der Waals surface area contributed by atoms with Crippen LogP contribution >= 0.6 is 0 Å². The molecule has 1 unspecified atom stereocenters. The van der Waals surface area contributed by atoms with Gasteiger partial charge in [-0.2, -0.15) is 0 Å². The van der Waals surface area contributed by atoms with Crippen LogP contribution in [0, 0.1) is 11.7 Å². The largest absolute Gasteiger partial charge is 0.361 e. The van der Waals surface area contributed by atoms with Crippen LogP contribution in [-0.2, 0) is 16.0 Å². The number of halogens is 1. The molecule has 1 aliphatic rings. The van der Waals surface area contributed by atoms with Crippen LogP contribution in [0.15, 0.2) is 24.4 Å². The van der Waals surface area contributed by atoms with Crippen molar-refractivity contribution in [2.24, 2.45) is 5.92 Å². The number of nitrogens with one attached hydrogen (secondary N) is 2. The van der Waals surface area contributed by atoms with Crippen LogP contribution in [0.3, 0.4) is 0 Å². The number of hydrogen-bond acceptors (Lipinski definition) is 2. The van der Waals surface area contributed by atoms with Crippen molar-refractivity contribution in [1.29, 1.82) is 0 Å². The molecule has 0 spiro atoms. The third-order valence-corrected chi connectivity index (χ3v) is 5.30. The Labute approximate surface area is 159 Å². The molecule has 1 atom stereocenters. The average Bonchev–Trinajstić information content (AvgIpc) is 3.22. The number of aromatic amines is 1. The van der Waals surface area contributed by atoms with Crippen molar-refractivity contribution < 1.29 is 14.0 Å². The molecule has 0 aliphatic carbocycles. The monoisotopic (exact) mass is 373 g/mol. The van der Waals surface area contributed by atoms with E-state index in [1.54, 1.807) is 11.0 Å². The summed E-state index contributed by atoms with van der Waals surface area (Å²) in [6.45, 7) is 3.85. The molecule has 2 amide bonds. The first-order chi connectivity index (χ1) is 13.1. The maximum Gasteiger partial charge on any atom is 0.225 e. The number of amides is 2. The van der Waals surface area contributed by atoms with Gasteiger partial charge in [0.15, 0.2) is 0 Å². The van der Waals surface area contributed by atoms with Crippen molar-refractivity contribution in [3.8, 4) is 0 Å². The van der Waals surface area contributed by atoms with Crippen LogP contribution in [0.1, 0.15) is 44.6 Å². The van der Waals surface area contributed by atoms with Crippen molar-refractivity contribution in [2.45, 2.75) is 45.4 Å². The second-order valence-electron chi connectivity index (χ2n) is 7.35. The number of hydrogen-bond donors (Lipinski definition) is 2. The van der Waals surface area contributed by atoms with E-state index >= 15 is 0 Å². The van der Waals surface area contributed by atoms with Crippen molar-refractivity contribution in [2.75, 3.05) is 19.6 Å². The normalized spacial score (nSPS) is 17.0. The van der Waals surface area contributed by atoms with Gasteiger partial charge in [-0.3, -0.25) is 9.59 Å². The van der Waals surface area contributed by atoms with Gasteiger partial charge in [0, 0.05) is 43.2 Å². The molecular weight excluding hydrogens is 345 g/mol. The van der Waals surface area contributed by atoms with Gasteiger partial charge >= 0.3 is 0 Å². The van der Waals surface area contributed by atoms with E-state index in [1.165, 1.54) is 25.0 Å². The number of aromatic nitrogens is 1. The molecule has 6 heteroatoms. The Bertz CT molecular complexity index is 802. The summed E-state index contributed by atoms with van der Waals surface area (Å²) in [6.07, 6.45) is 7.25. The van der Waals surface area contributed by atoms with Gasteiger partial charge in [0.25, 0.3) is 0 Å². The third kappa shape index (κ3) is 4.87. The molecular formula is C21H28FN3O2. The zero-order valence-corrected chi connectivity index (χ0v) is 15.9. The lowest BCUT2D eigenvalue weighted by Gasteiger charge is -2.16. The van der Waals surface area contributed by atoms with E-state index in [9.17, 15) is 14.0 Å². The van der Waals surface area contributed by atoms with Crippen LogP contribution in [0.4, 0.5) is 4.39 Å². The minimum Gasteiger partial charge on any atom is -0.361 e. The molecule has 0 bridgehead atoms. The predicted molar refractivity (Wildman–Crippen MR) is 104 cm³/mol. The number of rotatable bonds is 9. The van der Waals surface area contributed by atoms with Gasteiger partial charge in [-0.25, -0.2) is 4.39 Å². The van der Waals surface area contributed by atoms with E-state index in [0.717, 1.165) is 29.3 Å². The molecule has 1 saturated heterocycles. The smallest absolute Gasteiger partial charge is 0.225 e. The Hall–Kier alpha value is -2.37. The molecule has 1 fully saturated rings. The van der Waals surface area contributed by atoms with Gasteiger partial charge < -0.3 is 15.2 Å². The molecule has 2 heterocycles. The molecule has 5 nitrogen and oxygen atoms in total. The number of H-pyrrole nitrogens is 1. The van der Waals surface area contributed by atoms with Crippen LogP contribution < -0.4 is 5.32 Å². The first-order valence-corrected chi connectivity index (χ1v) is 9.89. The number of benzene rings is 1. The van der Waals surface area contributed by atoms with Crippen LogP contribution in [0.25, 0.3) is 10.9 Å². The summed E-state index contributed by atoms with van der Waals surface area (Å²) in [5, 5.41) is 3.81. The summed E-state index contributed by atoms with van der Waals surface area (Å²) < 4.78 is 13.5. The highest BCUT2D eigenvalue weighted by Crippen LogP contribution is 2.22. The SMILES string of the molecule is CCCCCCNC(=O)C1CC(=O)N(CCc2c[nH]c3ccc(F)cc23)C1. The summed E-state index contributed by atoms with van der Waals surface area (Å²) in [6, 6.07) is 4.66. The lowest BCUT2D eigenvalue weighted by atomic mass is 10.1. The summed E-state index contributed by atoms with van der Waals surface area (Å²) in [5.41, 5.74) is 1.88. The topological polar surface area (TPSA) is 65.2 Å². The van der Waals surface area contributed by atoms with Crippen LogP contribution in [0.2, 0.25) is 0 Å². The fraction of sp³-hybridized carbons (Fsp3) is 0.524. The molecule has 27 heavy (non-hydrogen) atoms. The number of nitrogens with zero attached hydrogens (tertiary/aromatic N) is 1. The van der Waals surface area contributed by atoms with Crippen molar-refractivity contribution in [1.82, 2.24) is 15.2 Å². The highest BCUT2D eigenvalue weighted by Gasteiger charge is 2.33. The van der Waals surface area contributed by atoms with Gasteiger partial charge in [0.1, 0.15) is 5.82 Å². The summed E-state index contributed by atoms with van der Waals surface area (Å²) in [5.74, 6) is -0.524. The molecule has 0 radical (unpaired) electrons. The van der Waals surface area contributed by atoms with E-state index in [-0.39, 0.29) is 30.0 Å². The number of unbranched alkanes of at least 4 members (excludes halogenated alkanes) is 3. The van der Waals surface area contributed by atoms with Gasteiger partial charge in [0.05, 0.1) is 5.92 Å². The highest BCUT2D eigenvalue weighted by atomic mass is 19.1. The molecule has 3 rings (SSSR count). The summed E-state index contributed by atoms with van der Waals surface area (Å²) in [4.78, 5) is 29.4. The van der Waals surface area contributed by atoms with E-state index in [1.807, 2.05) is 6.20 Å². The lowest BCUT2D eigenvalue weighted by Crippen LogP contribution is -2.34. The van der Waals surface area contributed by atoms with Gasteiger partial charge in [-0.1, -0.05) is 26.2 Å². The Morgan fingerprint density at radius 3 is 3.00 bits per heavy atom. The van der Waals surface area contributed by atoms with E-state index in [2.05, 4.69) is 17.2 Å². The Kier molecular flexibility index (Phi) is 6.48. The summed E-state index contributed by atoms with van der Waals surface area (Å²) in [7, 11) is 0. The molecule has 1 aliphatic heterocycles. The third-order valence-electron chi connectivity index (χ3n) is 5.30. The maximum absolute atomic E-state index is 13.5. The minimum absolute atomic E-state index is 0.0171. The molecule has 2 aromatic rings. The fourth-order valence-electron chi connectivity index (χ4n) is 3.68. The fourth-order valence-corrected chi connectivity index (χ4v) is 3.68. The zero-order chi connectivity index (χ0) is 19.2. The number of carbonyl (C=O) groups excluding carboxylic acids is 2. The minimum atomic E-state index is -0.267. The number of carbonyl (C=O) groups is 2. The predicted octanol–water partition coefficient (Wildman–Crippen LogP) is 3.39. The first-order valence-electron chi connectivity index (χ1n) is 9.89. The van der Waals surface area contributed by atoms with Crippen molar-refractivity contribution in [3.05, 3.63) is 35.8 Å². The Balaban J connectivity index is 1.49.